The lowest BCUT2D eigenvalue weighted by Crippen LogP contribution is -2.46. The van der Waals surface area contributed by atoms with E-state index in [1.807, 2.05) is 18.2 Å². The van der Waals surface area contributed by atoms with Crippen LogP contribution in [0.25, 0.3) is 6.08 Å². The number of carboxylic acids is 1. The van der Waals surface area contributed by atoms with Gasteiger partial charge in [-0.3, -0.25) is 19.2 Å². The van der Waals surface area contributed by atoms with Gasteiger partial charge < -0.3 is 20.5 Å². The molecular weight excluding hydrogens is 376 g/mol. The molecule has 0 aromatic heterocycles. The topological polar surface area (TPSA) is 122 Å². The van der Waals surface area contributed by atoms with Gasteiger partial charge in [0.15, 0.2) is 5.78 Å². The van der Waals surface area contributed by atoms with Gasteiger partial charge in [-0.1, -0.05) is 31.2 Å². The van der Waals surface area contributed by atoms with Crippen LogP contribution in [-0.4, -0.2) is 47.9 Å². The van der Waals surface area contributed by atoms with Gasteiger partial charge in [-0.15, -0.1) is 0 Å². The molecule has 2 amide bonds. The maximum atomic E-state index is 11.9. The van der Waals surface area contributed by atoms with E-state index < -0.39 is 24.3 Å². The average Bonchev–Trinajstić information content (AvgIpc) is 2.71. The Morgan fingerprint density at radius 1 is 1.21 bits per heavy atom. The minimum atomic E-state index is -1.18. The third kappa shape index (κ3) is 7.06. The van der Waals surface area contributed by atoms with Gasteiger partial charge in [0.1, 0.15) is 5.75 Å². The van der Waals surface area contributed by atoms with Gasteiger partial charge in [0.2, 0.25) is 11.8 Å². The molecule has 1 atom stereocenters. The van der Waals surface area contributed by atoms with E-state index in [0.717, 1.165) is 24.2 Å². The Kier molecular flexibility index (Phi) is 8.39. The van der Waals surface area contributed by atoms with E-state index in [1.54, 1.807) is 6.92 Å². The van der Waals surface area contributed by atoms with Crippen LogP contribution in [0.4, 0.5) is 0 Å². The number of ketones is 1. The van der Waals surface area contributed by atoms with Crippen LogP contribution in [0.5, 0.6) is 5.75 Å². The van der Waals surface area contributed by atoms with Gasteiger partial charge in [-0.2, -0.15) is 0 Å². The molecule has 0 heterocycles. The minimum absolute atomic E-state index is 0.0626. The molecule has 1 aromatic rings. The van der Waals surface area contributed by atoms with E-state index >= 15 is 0 Å². The largest absolute Gasteiger partial charge is 0.492 e. The van der Waals surface area contributed by atoms with Crippen LogP contribution >= 0.6 is 0 Å². The van der Waals surface area contributed by atoms with E-state index in [1.165, 1.54) is 5.56 Å². The number of aryl methyl sites for hydroxylation is 1. The second-order valence-corrected chi connectivity index (χ2v) is 6.68. The van der Waals surface area contributed by atoms with Gasteiger partial charge in [-0.05, 0) is 24.5 Å². The first-order valence-electron chi connectivity index (χ1n) is 9.62. The molecular formula is C21H26N2O6. The summed E-state index contributed by atoms with van der Waals surface area (Å²) in [5, 5.41) is 13.6. The van der Waals surface area contributed by atoms with Crippen LogP contribution in [0.3, 0.4) is 0 Å². The molecule has 0 radical (unpaired) electrons. The summed E-state index contributed by atoms with van der Waals surface area (Å²) < 4.78 is 5.71. The number of aliphatic carboxylic acids is 1. The molecule has 0 bridgehead atoms. The highest BCUT2D eigenvalue weighted by Gasteiger charge is 2.22. The molecule has 2 rings (SSSR count). The van der Waals surface area contributed by atoms with Gasteiger partial charge in [-0.25, -0.2) is 0 Å². The minimum Gasteiger partial charge on any atom is -0.492 e. The van der Waals surface area contributed by atoms with Crippen LogP contribution < -0.4 is 15.4 Å². The predicted octanol–water partition coefficient (Wildman–Crippen LogP) is 1.47. The molecule has 1 aliphatic carbocycles. The molecule has 29 heavy (non-hydrogen) atoms. The molecule has 1 aromatic carbocycles. The normalized spacial score (nSPS) is 13.1. The fraction of sp³-hybridized carbons (Fsp3) is 0.429. The summed E-state index contributed by atoms with van der Waals surface area (Å²) in [4.78, 5) is 46.4. The highest BCUT2D eigenvalue weighted by molar-refractivity contribution is 5.93. The lowest BCUT2D eigenvalue weighted by atomic mass is 9.97. The number of nitrogens with one attached hydrogen (secondary N) is 2. The van der Waals surface area contributed by atoms with E-state index in [0.29, 0.717) is 0 Å². The van der Waals surface area contributed by atoms with Crippen molar-refractivity contribution < 1.29 is 29.0 Å². The monoisotopic (exact) mass is 402 g/mol. The molecule has 156 valence electrons. The third-order valence-electron chi connectivity index (χ3n) is 4.51. The van der Waals surface area contributed by atoms with E-state index in [9.17, 15) is 19.2 Å². The van der Waals surface area contributed by atoms with Crippen LogP contribution in [-0.2, 0) is 25.6 Å². The van der Waals surface area contributed by atoms with Crippen LogP contribution in [0.2, 0.25) is 0 Å². The SMILES string of the molecule is CCC(=O)C(CC(=O)O)NC(=O)CNC(=O)CCOc1cccc2c1C=CCC2. The zero-order valence-electron chi connectivity index (χ0n) is 16.4. The molecule has 1 aliphatic rings. The number of ether oxygens (including phenoxy) is 1. The summed E-state index contributed by atoms with van der Waals surface area (Å²) >= 11 is 0. The molecule has 0 spiro atoms. The van der Waals surface area contributed by atoms with E-state index in [2.05, 4.69) is 22.8 Å². The number of amides is 2. The van der Waals surface area contributed by atoms with Crippen molar-refractivity contribution in [2.75, 3.05) is 13.2 Å². The van der Waals surface area contributed by atoms with E-state index in [4.69, 9.17) is 9.84 Å². The number of rotatable bonds is 11. The number of allylic oxidation sites excluding steroid dienone is 1. The Hall–Kier alpha value is -3.16. The summed E-state index contributed by atoms with van der Waals surface area (Å²) in [6.45, 7) is 1.41. The Bertz CT molecular complexity index is 802. The fourth-order valence-electron chi connectivity index (χ4n) is 3.00. The van der Waals surface area contributed by atoms with Crippen molar-refractivity contribution in [1.82, 2.24) is 10.6 Å². The molecule has 8 nitrogen and oxygen atoms in total. The van der Waals surface area contributed by atoms with Crippen molar-refractivity contribution in [2.45, 2.75) is 45.1 Å². The Balaban J connectivity index is 1.74. The molecule has 3 N–H and O–H groups in total. The summed E-state index contributed by atoms with van der Waals surface area (Å²) in [6, 6.07) is 4.73. The summed E-state index contributed by atoms with van der Waals surface area (Å²) in [5.41, 5.74) is 2.24. The Morgan fingerprint density at radius 3 is 2.72 bits per heavy atom. The number of carbonyl (C=O) groups excluding carboxylic acids is 3. The average molecular weight is 402 g/mol. The first-order chi connectivity index (χ1) is 13.9. The maximum absolute atomic E-state index is 11.9. The number of hydrogen-bond donors (Lipinski definition) is 3. The zero-order valence-corrected chi connectivity index (χ0v) is 16.4. The van der Waals surface area contributed by atoms with Crippen LogP contribution in [0.1, 0.15) is 43.7 Å². The van der Waals surface area contributed by atoms with Gasteiger partial charge in [0, 0.05) is 12.0 Å². The molecule has 0 saturated heterocycles. The summed E-state index contributed by atoms with van der Waals surface area (Å²) in [7, 11) is 0. The molecule has 0 fully saturated rings. The second-order valence-electron chi connectivity index (χ2n) is 6.68. The lowest BCUT2D eigenvalue weighted by molar-refractivity contribution is -0.140. The second kappa shape index (κ2) is 11.0. The van der Waals surface area contributed by atoms with Crippen LogP contribution in [0.15, 0.2) is 24.3 Å². The van der Waals surface area contributed by atoms with E-state index in [-0.39, 0.29) is 37.7 Å². The number of carbonyl (C=O) groups is 4. The fourth-order valence-corrected chi connectivity index (χ4v) is 3.00. The summed E-state index contributed by atoms with van der Waals surface area (Å²) in [5.74, 6) is -1.83. The van der Waals surface area contributed by atoms with Crippen molar-refractivity contribution in [1.29, 1.82) is 0 Å². The molecule has 0 saturated carbocycles. The Labute approximate surface area is 169 Å². The molecule has 0 aliphatic heterocycles. The van der Waals surface area contributed by atoms with Crippen molar-refractivity contribution in [3.05, 3.63) is 35.4 Å². The number of fused-ring (bicyclic) bond motifs is 1. The predicted molar refractivity (Wildman–Crippen MR) is 106 cm³/mol. The Morgan fingerprint density at radius 2 is 2.00 bits per heavy atom. The first-order valence-corrected chi connectivity index (χ1v) is 9.62. The maximum Gasteiger partial charge on any atom is 0.305 e. The van der Waals surface area contributed by atoms with Gasteiger partial charge in [0.25, 0.3) is 0 Å². The number of benzene rings is 1. The van der Waals surface area contributed by atoms with Gasteiger partial charge in [0.05, 0.1) is 32.0 Å². The lowest BCUT2D eigenvalue weighted by Gasteiger charge is -2.16. The molecule has 1 unspecified atom stereocenters. The van der Waals surface area contributed by atoms with Crippen molar-refractivity contribution in [2.24, 2.45) is 0 Å². The third-order valence-corrected chi connectivity index (χ3v) is 4.51. The number of hydrogen-bond acceptors (Lipinski definition) is 5. The van der Waals surface area contributed by atoms with Crippen LogP contribution in [0, 0.1) is 0 Å². The highest BCUT2D eigenvalue weighted by Crippen LogP contribution is 2.28. The molecule has 8 heteroatoms. The number of carboxylic acid groups (broad SMARTS) is 1. The standard InChI is InChI=1S/C21H26N2O6/c1-2-17(24)16(12-21(27)28)23-20(26)13-22-19(25)10-11-29-18-9-5-7-14-6-3-4-8-15(14)18/h4-5,7-9,16H,2-3,6,10-13H2,1H3,(H,22,25)(H,23,26)(H,27,28). The first kappa shape index (κ1) is 22.1. The quantitative estimate of drug-likeness (QED) is 0.515. The summed E-state index contributed by atoms with van der Waals surface area (Å²) in [6.07, 6.45) is 5.74. The highest BCUT2D eigenvalue weighted by atomic mass is 16.5. The van der Waals surface area contributed by atoms with Crippen molar-refractivity contribution in [3.8, 4) is 5.75 Å². The smallest absolute Gasteiger partial charge is 0.305 e. The zero-order chi connectivity index (χ0) is 21.2. The van der Waals surface area contributed by atoms with Gasteiger partial charge >= 0.3 is 5.97 Å². The van der Waals surface area contributed by atoms with Crippen molar-refractivity contribution >= 4 is 29.6 Å². The number of Topliss-reactive ketones (excluding diaryl/α,β-unsaturated/α-hetero) is 1. The van der Waals surface area contributed by atoms with Crippen molar-refractivity contribution in [3.63, 3.8) is 0 Å².